The summed E-state index contributed by atoms with van der Waals surface area (Å²) in [5.74, 6) is -1.50. The molecule has 1 aromatic carbocycles. The van der Waals surface area contributed by atoms with E-state index in [-0.39, 0.29) is 6.42 Å². The SMILES string of the molecule is Cc1ccccc1C(CC(C)O)C(=O)O. The quantitative estimate of drug-likeness (QED) is 0.795. The Morgan fingerprint density at radius 1 is 1.40 bits per heavy atom. The van der Waals surface area contributed by atoms with E-state index in [1.165, 1.54) is 0 Å². The normalized spacial score (nSPS) is 14.6. The molecule has 1 rings (SSSR count). The van der Waals surface area contributed by atoms with Gasteiger partial charge in [0, 0.05) is 0 Å². The van der Waals surface area contributed by atoms with Crippen molar-refractivity contribution >= 4 is 5.97 Å². The molecule has 0 saturated carbocycles. The van der Waals surface area contributed by atoms with E-state index in [4.69, 9.17) is 5.11 Å². The molecule has 0 fully saturated rings. The van der Waals surface area contributed by atoms with Gasteiger partial charge in [0.25, 0.3) is 0 Å². The summed E-state index contributed by atoms with van der Waals surface area (Å²) in [6.07, 6.45) is -0.356. The van der Waals surface area contributed by atoms with Crippen LogP contribution in [0.15, 0.2) is 24.3 Å². The van der Waals surface area contributed by atoms with E-state index in [9.17, 15) is 9.90 Å². The number of carboxylic acid groups (broad SMARTS) is 1. The van der Waals surface area contributed by atoms with Crippen molar-refractivity contribution in [3.8, 4) is 0 Å². The number of aryl methyl sites for hydroxylation is 1. The van der Waals surface area contributed by atoms with Gasteiger partial charge >= 0.3 is 5.97 Å². The summed E-state index contributed by atoms with van der Waals surface area (Å²) in [5.41, 5.74) is 1.73. The van der Waals surface area contributed by atoms with Crippen LogP contribution < -0.4 is 0 Å². The summed E-state index contributed by atoms with van der Waals surface area (Å²) < 4.78 is 0. The molecule has 0 bridgehead atoms. The monoisotopic (exact) mass is 208 g/mol. The fourth-order valence-electron chi connectivity index (χ4n) is 1.68. The molecular formula is C12H16O3. The van der Waals surface area contributed by atoms with E-state index < -0.39 is 18.0 Å². The second-order valence-electron chi connectivity index (χ2n) is 3.83. The van der Waals surface area contributed by atoms with Gasteiger partial charge in [-0.15, -0.1) is 0 Å². The molecular weight excluding hydrogens is 192 g/mol. The predicted molar refractivity (Wildman–Crippen MR) is 57.9 cm³/mol. The molecule has 0 amide bonds. The van der Waals surface area contributed by atoms with Crippen molar-refractivity contribution in [2.45, 2.75) is 32.3 Å². The first-order valence-corrected chi connectivity index (χ1v) is 4.98. The van der Waals surface area contributed by atoms with Crippen LogP contribution in [0.1, 0.15) is 30.4 Å². The van der Waals surface area contributed by atoms with Gasteiger partial charge in [0.05, 0.1) is 12.0 Å². The van der Waals surface area contributed by atoms with Crippen molar-refractivity contribution in [1.82, 2.24) is 0 Å². The highest BCUT2D eigenvalue weighted by Gasteiger charge is 2.22. The number of benzene rings is 1. The third-order valence-corrected chi connectivity index (χ3v) is 2.44. The minimum absolute atomic E-state index is 0.250. The summed E-state index contributed by atoms with van der Waals surface area (Å²) in [6.45, 7) is 3.49. The van der Waals surface area contributed by atoms with Gasteiger partial charge in [-0.2, -0.15) is 0 Å². The Morgan fingerprint density at radius 2 is 2.00 bits per heavy atom. The molecule has 15 heavy (non-hydrogen) atoms. The van der Waals surface area contributed by atoms with E-state index in [0.29, 0.717) is 0 Å². The molecule has 0 spiro atoms. The predicted octanol–water partition coefficient (Wildman–Crippen LogP) is 1.93. The minimum Gasteiger partial charge on any atom is -0.481 e. The van der Waals surface area contributed by atoms with Crippen molar-refractivity contribution in [3.05, 3.63) is 35.4 Å². The lowest BCUT2D eigenvalue weighted by Crippen LogP contribution is -2.18. The fourth-order valence-corrected chi connectivity index (χ4v) is 1.68. The second-order valence-corrected chi connectivity index (χ2v) is 3.83. The third-order valence-electron chi connectivity index (χ3n) is 2.44. The Morgan fingerprint density at radius 3 is 2.47 bits per heavy atom. The van der Waals surface area contributed by atoms with Crippen LogP contribution in [0.25, 0.3) is 0 Å². The highest BCUT2D eigenvalue weighted by molar-refractivity contribution is 5.76. The maximum Gasteiger partial charge on any atom is 0.311 e. The maximum atomic E-state index is 11.1. The Balaban J connectivity index is 2.99. The second kappa shape index (κ2) is 4.94. The van der Waals surface area contributed by atoms with Crippen molar-refractivity contribution < 1.29 is 15.0 Å². The van der Waals surface area contributed by atoms with Crippen LogP contribution in [0.3, 0.4) is 0 Å². The lowest BCUT2D eigenvalue weighted by molar-refractivity contribution is -0.139. The molecule has 0 saturated heterocycles. The van der Waals surface area contributed by atoms with Gasteiger partial charge in [-0.3, -0.25) is 4.79 Å². The molecule has 0 radical (unpaired) electrons. The average molecular weight is 208 g/mol. The molecule has 82 valence electrons. The van der Waals surface area contributed by atoms with Gasteiger partial charge in [0.1, 0.15) is 0 Å². The largest absolute Gasteiger partial charge is 0.481 e. The summed E-state index contributed by atoms with van der Waals surface area (Å²) >= 11 is 0. The minimum atomic E-state index is -0.884. The van der Waals surface area contributed by atoms with Gasteiger partial charge in [0.15, 0.2) is 0 Å². The molecule has 1 aromatic rings. The molecule has 0 heterocycles. The summed E-state index contributed by atoms with van der Waals surface area (Å²) in [7, 11) is 0. The number of hydrogen-bond donors (Lipinski definition) is 2. The number of carboxylic acids is 1. The van der Waals surface area contributed by atoms with Crippen LogP contribution in [0.5, 0.6) is 0 Å². The summed E-state index contributed by atoms with van der Waals surface area (Å²) in [4.78, 5) is 11.1. The average Bonchev–Trinajstić information content (AvgIpc) is 2.15. The lowest BCUT2D eigenvalue weighted by atomic mass is 9.90. The molecule has 2 atom stereocenters. The van der Waals surface area contributed by atoms with Crippen LogP contribution >= 0.6 is 0 Å². The zero-order valence-corrected chi connectivity index (χ0v) is 8.97. The number of aliphatic carboxylic acids is 1. The van der Waals surface area contributed by atoms with E-state index >= 15 is 0 Å². The standard InChI is InChI=1S/C12H16O3/c1-8-5-3-4-6-10(8)11(12(14)15)7-9(2)13/h3-6,9,11,13H,7H2,1-2H3,(H,14,15). The van der Waals surface area contributed by atoms with Crippen LogP contribution in [0.4, 0.5) is 0 Å². The van der Waals surface area contributed by atoms with E-state index in [2.05, 4.69) is 0 Å². The lowest BCUT2D eigenvalue weighted by Gasteiger charge is -2.16. The zero-order chi connectivity index (χ0) is 11.4. The van der Waals surface area contributed by atoms with E-state index in [0.717, 1.165) is 11.1 Å². The fraction of sp³-hybridized carbons (Fsp3) is 0.417. The third kappa shape index (κ3) is 3.06. The topological polar surface area (TPSA) is 57.5 Å². The van der Waals surface area contributed by atoms with Crippen molar-refractivity contribution in [2.75, 3.05) is 0 Å². The Labute approximate surface area is 89.4 Å². The van der Waals surface area contributed by atoms with Crippen molar-refractivity contribution in [2.24, 2.45) is 0 Å². The van der Waals surface area contributed by atoms with E-state index in [1.54, 1.807) is 13.0 Å². The van der Waals surface area contributed by atoms with Gasteiger partial charge in [-0.1, -0.05) is 24.3 Å². The van der Waals surface area contributed by atoms with E-state index in [1.807, 2.05) is 25.1 Å². The Hall–Kier alpha value is -1.35. The van der Waals surface area contributed by atoms with Gasteiger partial charge in [-0.05, 0) is 31.4 Å². The van der Waals surface area contributed by atoms with Crippen molar-refractivity contribution in [3.63, 3.8) is 0 Å². The van der Waals surface area contributed by atoms with Crippen LogP contribution in [-0.2, 0) is 4.79 Å². The summed E-state index contributed by atoms with van der Waals surface area (Å²) in [5, 5.41) is 18.3. The molecule has 2 N–H and O–H groups in total. The first-order valence-electron chi connectivity index (χ1n) is 4.98. The number of carbonyl (C=O) groups is 1. The number of rotatable bonds is 4. The first-order chi connectivity index (χ1) is 7.02. The molecule has 3 heteroatoms. The Bertz CT molecular complexity index is 344. The molecule has 0 aliphatic heterocycles. The van der Waals surface area contributed by atoms with Crippen LogP contribution in [-0.4, -0.2) is 22.3 Å². The van der Waals surface area contributed by atoms with Gasteiger partial charge in [0.2, 0.25) is 0 Å². The molecule has 0 aromatic heterocycles. The summed E-state index contributed by atoms with van der Waals surface area (Å²) in [6, 6.07) is 7.38. The smallest absolute Gasteiger partial charge is 0.311 e. The molecule has 0 aliphatic rings. The van der Waals surface area contributed by atoms with Gasteiger partial charge in [-0.25, -0.2) is 0 Å². The highest BCUT2D eigenvalue weighted by atomic mass is 16.4. The van der Waals surface area contributed by atoms with Crippen LogP contribution in [0.2, 0.25) is 0 Å². The van der Waals surface area contributed by atoms with Crippen LogP contribution in [0, 0.1) is 6.92 Å². The maximum absolute atomic E-state index is 11.1. The zero-order valence-electron chi connectivity index (χ0n) is 8.97. The highest BCUT2D eigenvalue weighted by Crippen LogP contribution is 2.24. The molecule has 0 aliphatic carbocycles. The Kier molecular flexibility index (Phi) is 3.86. The number of aliphatic hydroxyl groups excluding tert-OH is 1. The first kappa shape index (κ1) is 11.7. The van der Waals surface area contributed by atoms with Gasteiger partial charge < -0.3 is 10.2 Å². The molecule has 3 nitrogen and oxygen atoms in total. The molecule has 2 unspecified atom stereocenters. The number of hydrogen-bond acceptors (Lipinski definition) is 2. The van der Waals surface area contributed by atoms with Crippen molar-refractivity contribution in [1.29, 1.82) is 0 Å². The number of aliphatic hydroxyl groups is 1.